The van der Waals surface area contributed by atoms with Crippen molar-refractivity contribution in [3.05, 3.63) is 65.3 Å². The zero-order valence-corrected chi connectivity index (χ0v) is 16.6. The summed E-state index contributed by atoms with van der Waals surface area (Å²) < 4.78 is 7.75. The van der Waals surface area contributed by atoms with Crippen LogP contribution in [0.5, 0.6) is 0 Å². The Bertz CT molecular complexity index is 975. The Kier molecular flexibility index (Phi) is 5.29. The summed E-state index contributed by atoms with van der Waals surface area (Å²) in [7, 11) is 0. The van der Waals surface area contributed by atoms with Gasteiger partial charge in [-0.2, -0.15) is 5.10 Å². The van der Waals surface area contributed by atoms with Crippen LogP contribution in [0, 0.1) is 5.92 Å². The number of anilines is 1. The first kappa shape index (κ1) is 18.5. The van der Waals surface area contributed by atoms with Gasteiger partial charge >= 0.3 is 0 Å². The molecule has 8 heteroatoms. The van der Waals surface area contributed by atoms with Crippen molar-refractivity contribution < 1.29 is 14.0 Å². The summed E-state index contributed by atoms with van der Waals surface area (Å²) in [5.74, 6) is 0.0301. The lowest BCUT2D eigenvalue weighted by atomic mass is 9.95. The van der Waals surface area contributed by atoms with Crippen LogP contribution in [0.1, 0.15) is 23.4 Å². The van der Waals surface area contributed by atoms with Crippen molar-refractivity contribution in [2.24, 2.45) is 5.92 Å². The fourth-order valence-corrected chi connectivity index (χ4v) is 3.63. The number of rotatable bonds is 4. The van der Waals surface area contributed by atoms with E-state index in [0.29, 0.717) is 37.4 Å². The fraction of sp³-hybridized carbons (Fsp3) is 0.250. The van der Waals surface area contributed by atoms with Crippen LogP contribution in [-0.4, -0.2) is 39.6 Å². The van der Waals surface area contributed by atoms with Gasteiger partial charge in [0, 0.05) is 25.2 Å². The predicted molar refractivity (Wildman–Crippen MR) is 107 cm³/mol. The normalized spacial score (nSPS) is 14.8. The Labute approximate surface area is 170 Å². The zero-order valence-electron chi connectivity index (χ0n) is 15.0. The number of hydrogen-bond acceptors (Lipinski definition) is 4. The molecule has 0 unspecified atom stereocenters. The maximum Gasteiger partial charge on any atom is 0.289 e. The van der Waals surface area contributed by atoms with Gasteiger partial charge in [-0.3, -0.25) is 9.59 Å². The van der Waals surface area contributed by atoms with E-state index in [1.54, 1.807) is 27.9 Å². The summed E-state index contributed by atoms with van der Waals surface area (Å²) in [6, 6.07) is 10.9. The van der Waals surface area contributed by atoms with Gasteiger partial charge in [-0.1, -0.05) is 12.1 Å². The van der Waals surface area contributed by atoms with Crippen LogP contribution >= 0.6 is 15.9 Å². The third kappa shape index (κ3) is 3.87. The summed E-state index contributed by atoms with van der Waals surface area (Å²) in [6.45, 7) is 1.07. The number of benzene rings is 1. The summed E-state index contributed by atoms with van der Waals surface area (Å²) in [5.41, 5.74) is 1.50. The van der Waals surface area contributed by atoms with Gasteiger partial charge in [-0.15, -0.1) is 0 Å². The standard InChI is InChI=1S/C20H19BrN4O3/c21-15-12-22-25(13-15)17-5-2-1-4-16(17)23-19(26)14-7-9-24(10-8-14)20(27)18-6-3-11-28-18/h1-6,11-14H,7-10H2,(H,23,26). The maximum absolute atomic E-state index is 12.8. The summed E-state index contributed by atoms with van der Waals surface area (Å²) in [5, 5.41) is 7.31. The second kappa shape index (κ2) is 8.02. The van der Waals surface area contributed by atoms with E-state index in [9.17, 15) is 9.59 Å². The van der Waals surface area contributed by atoms with Crippen LogP contribution in [0.3, 0.4) is 0 Å². The SMILES string of the molecule is O=C(Nc1ccccc1-n1cc(Br)cn1)C1CCN(C(=O)c2ccco2)CC1. The van der Waals surface area contributed by atoms with Crippen LogP contribution in [0.2, 0.25) is 0 Å². The second-order valence-corrected chi connectivity index (χ2v) is 7.57. The van der Waals surface area contributed by atoms with Gasteiger partial charge in [0.15, 0.2) is 5.76 Å². The number of furan rings is 1. The molecule has 4 rings (SSSR count). The lowest BCUT2D eigenvalue weighted by molar-refractivity contribution is -0.121. The number of amides is 2. The number of nitrogens with one attached hydrogen (secondary N) is 1. The summed E-state index contributed by atoms with van der Waals surface area (Å²) in [6.07, 6.45) is 6.26. The van der Waals surface area contributed by atoms with E-state index in [0.717, 1.165) is 10.2 Å². The molecule has 1 fully saturated rings. The summed E-state index contributed by atoms with van der Waals surface area (Å²) >= 11 is 3.39. The van der Waals surface area contributed by atoms with Crippen LogP contribution in [0.25, 0.3) is 5.69 Å². The Hall–Kier alpha value is -2.87. The van der Waals surface area contributed by atoms with Gasteiger partial charge in [0.2, 0.25) is 5.91 Å². The molecule has 1 N–H and O–H groups in total. The lowest BCUT2D eigenvalue weighted by Crippen LogP contribution is -2.41. The van der Waals surface area contributed by atoms with Crippen LogP contribution in [0.15, 0.2) is 63.9 Å². The van der Waals surface area contributed by atoms with Gasteiger partial charge in [0.1, 0.15) is 0 Å². The van der Waals surface area contributed by atoms with Crippen LogP contribution in [-0.2, 0) is 4.79 Å². The number of carbonyl (C=O) groups excluding carboxylic acids is 2. The number of nitrogens with zero attached hydrogens (tertiary/aromatic N) is 3. The van der Waals surface area contributed by atoms with Crippen molar-refractivity contribution in [1.82, 2.24) is 14.7 Å². The highest BCUT2D eigenvalue weighted by molar-refractivity contribution is 9.10. The van der Waals surface area contributed by atoms with Crippen molar-refractivity contribution >= 4 is 33.4 Å². The molecule has 144 valence electrons. The molecule has 2 aromatic heterocycles. The number of aromatic nitrogens is 2. The van der Waals surface area contributed by atoms with Gasteiger partial charge < -0.3 is 14.6 Å². The minimum atomic E-state index is -0.141. The molecule has 1 aliphatic heterocycles. The van der Waals surface area contributed by atoms with Gasteiger partial charge in [0.05, 0.1) is 28.3 Å². The van der Waals surface area contributed by atoms with E-state index < -0.39 is 0 Å². The van der Waals surface area contributed by atoms with E-state index in [1.807, 2.05) is 30.5 Å². The molecule has 0 atom stereocenters. The smallest absolute Gasteiger partial charge is 0.289 e. The topological polar surface area (TPSA) is 80.4 Å². The van der Waals surface area contributed by atoms with E-state index in [2.05, 4.69) is 26.3 Å². The third-order valence-electron chi connectivity index (χ3n) is 4.84. The highest BCUT2D eigenvalue weighted by Crippen LogP contribution is 2.25. The van der Waals surface area contributed by atoms with Crippen molar-refractivity contribution in [3.8, 4) is 5.69 Å². The van der Waals surface area contributed by atoms with E-state index in [1.165, 1.54) is 6.26 Å². The molecular formula is C20H19BrN4O3. The first-order valence-electron chi connectivity index (χ1n) is 9.05. The minimum Gasteiger partial charge on any atom is -0.459 e. The molecule has 0 spiro atoms. The molecule has 0 bridgehead atoms. The molecule has 0 radical (unpaired) electrons. The number of likely N-dealkylation sites (tertiary alicyclic amines) is 1. The lowest BCUT2D eigenvalue weighted by Gasteiger charge is -2.30. The first-order valence-corrected chi connectivity index (χ1v) is 9.84. The van der Waals surface area contributed by atoms with E-state index >= 15 is 0 Å². The monoisotopic (exact) mass is 442 g/mol. The molecule has 2 amide bonds. The third-order valence-corrected chi connectivity index (χ3v) is 5.25. The van der Waals surface area contributed by atoms with Gasteiger partial charge in [-0.25, -0.2) is 4.68 Å². The van der Waals surface area contributed by atoms with Crippen LogP contribution < -0.4 is 5.32 Å². The van der Waals surface area contributed by atoms with Crippen molar-refractivity contribution in [2.45, 2.75) is 12.8 Å². The number of piperidine rings is 1. The number of carbonyl (C=O) groups is 2. The first-order chi connectivity index (χ1) is 13.6. The molecule has 3 aromatic rings. The predicted octanol–water partition coefficient (Wildman–Crippen LogP) is 3.72. The quantitative estimate of drug-likeness (QED) is 0.667. The minimum absolute atomic E-state index is 0.0382. The molecule has 7 nitrogen and oxygen atoms in total. The molecule has 0 aliphatic carbocycles. The van der Waals surface area contributed by atoms with Crippen molar-refractivity contribution in [2.75, 3.05) is 18.4 Å². The molecule has 1 aromatic carbocycles. The Morgan fingerprint density at radius 1 is 1.14 bits per heavy atom. The molecule has 28 heavy (non-hydrogen) atoms. The molecule has 1 saturated heterocycles. The number of hydrogen-bond donors (Lipinski definition) is 1. The molecule has 1 aliphatic rings. The fourth-order valence-electron chi connectivity index (χ4n) is 3.35. The maximum atomic E-state index is 12.8. The molecule has 3 heterocycles. The van der Waals surface area contributed by atoms with Gasteiger partial charge in [-0.05, 0) is 53.0 Å². The average Bonchev–Trinajstić information content (AvgIpc) is 3.40. The summed E-state index contributed by atoms with van der Waals surface area (Å²) in [4.78, 5) is 26.9. The number of para-hydroxylation sites is 2. The van der Waals surface area contributed by atoms with Crippen molar-refractivity contribution in [3.63, 3.8) is 0 Å². The highest BCUT2D eigenvalue weighted by Gasteiger charge is 2.29. The Morgan fingerprint density at radius 3 is 2.61 bits per heavy atom. The highest BCUT2D eigenvalue weighted by atomic mass is 79.9. The van der Waals surface area contributed by atoms with Crippen LogP contribution in [0.4, 0.5) is 5.69 Å². The van der Waals surface area contributed by atoms with Gasteiger partial charge in [0.25, 0.3) is 5.91 Å². The second-order valence-electron chi connectivity index (χ2n) is 6.65. The Balaban J connectivity index is 1.40. The molecule has 0 saturated carbocycles. The zero-order chi connectivity index (χ0) is 19.5. The largest absolute Gasteiger partial charge is 0.459 e. The molecular weight excluding hydrogens is 424 g/mol. The number of halogens is 1. The average molecular weight is 443 g/mol. The Morgan fingerprint density at radius 2 is 1.93 bits per heavy atom. The van der Waals surface area contributed by atoms with E-state index in [4.69, 9.17) is 4.42 Å². The van der Waals surface area contributed by atoms with Crippen molar-refractivity contribution in [1.29, 1.82) is 0 Å². The van der Waals surface area contributed by atoms with E-state index in [-0.39, 0.29) is 17.7 Å².